The zero-order valence-electron chi connectivity index (χ0n) is 13.6. The standard InChI is InChI=1S/C17H27N3O/c1-13-5-6-16(14(2)9-13)10-19-17(18-3)20-8-7-15(11-20)12-21-4/h5-6,9,15H,7-8,10-12H2,1-4H3,(H,18,19). The lowest BCUT2D eigenvalue weighted by Gasteiger charge is -2.22. The van der Waals surface area contributed by atoms with E-state index in [9.17, 15) is 0 Å². The third-order valence-electron chi connectivity index (χ3n) is 4.13. The van der Waals surface area contributed by atoms with Gasteiger partial charge in [-0.3, -0.25) is 4.99 Å². The summed E-state index contributed by atoms with van der Waals surface area (Å²) < 4.78 is 5.26. The second-order valence-electron chi connectivity index (χ2n) is 5.89. The molecule has 0 amide bonds. The van der Waals surface area contributed by atoms with Crippen molar-refractivity contribution in [3.05, 3.63) is 34.9 Å². The summed E-state index contributed by atoms with van der Waals surface area (Å²) in [6, 6.07) is 6.59. The second-order valence-corrected chi connectivity index (χ2v) is 5.89. The number of guanidine groups is 1. The average Bonchev–Trinajstić information content (AvgIpc) is 2.90. The molecule has 0 radical (unpaired) electrons. The molecular formula is C17H27N3O. The van der Waals surface area contributed by atoms with Gasteiger partial charge in [-0.05, 0) is 31.4 Å². The Labute approximate surface area is 128 Å². The van der Waals surface area contributed by atoms with Crippen LogP contribution >= 0.6 is 0 Å². The van der Waals surface area contributed by atoms with Gasteiger partial charge in [0.25, 0.3) is 0 Å². The number of nitrogens with zero attached hydrogens (tertiary/aromatic N) is 2. The van der Waals surface area contributed by atoms with Gasteiger partial charge in [-0.15, -0.1) is 0 Å². The molecule has 1 N–H and O–H groups in total. The van der Waals surface area contributed by atoms with Crippen LogP contribution in [0.1, 0.15) is 23.1 Å². The molecule has 1 atom stereocenters. The van der Waals surface area contributed by atoms with E-state index in [1.54, 1.807) is 7.11 Å². The van der Waals surface area contributed by atoms with Crippen LogP contribution in [-0.2, 0) is 11.3 Å². The first-order chi connectivity index (χ1) is 10.1. The van der Waals surface area contributed by atoms with E-state index in [0.717, 1.165) is 32.2 Å². The molecular weight excluding hydrogens is 262 g/mol. The molecule has 1 saturated heterocycles. The minimum Gasteiger partial charge on any atom is -0.384 e. The fraction of sp³-hybridized carbons (Fsp3) is 0.588. The lowest BCUT2D eigenvalue weighted by molar-refractivity contribution is 0.157. The smallest absolute Gasteiger partial charge is 0.193 e. The number of rotatable bonds is 4. The Morgan fingerprint density at radius 1 is 1.43 bits per heavy atom. The molecule has 4 nitrogen and oxygen atoms in total. The van der Waals surface area contributed by atoms with Gasteiger partial charge in [-0.2, -0.15) is 0 Å². The lowest BCUT2D eigenvalue weighted by atomic mass is 10.1. The highest BCUT2D eigenvalue weighted by Gasteiger charge is 2.24. The van der Waals surface area contributed by atoms with Crippen LogP contribution in [0.25, 0.3) is 0 Å². The van der Waals surface area contributed by atoms with Crippen LogP contribution in [0.15, 0.2) is 23.2 Å². The van der Waals surface area contributed by atoms with Crippen LogP contribution in [0.5, 0.6) is 0 Å². The molecule has 0 aromatic heterocycles. The fourth-order valence-corrected chi connectivity index (χ4v) is 2.95. The summed E-state index contributed by atoms with van der Waals surface area (Å²) >= 11 is 0. The van der Waals surface area contributed by atoms with Crippen molar-refractivity contribution in [3.8, 4) is 0 Å². The van der Waals surface area contributed by atoms with Crippen molar-refractivity contribution in [2.45, 2.75) is 26.8 Å². The van der Waals surface area contributed by atoms with Gasteiger partial charge in [0.15, 0.2) is 5.96 Å². The molecule has 0 saturated carbocycles. The van der Waals surface area contributed by atoms with E-state index < -0.39 is 0 Å². The molecule has 4 heteroatoms. The molecule has 1 unspecified atom stereocenters. The van der Waals surface area contributed by atoms with Crippen molar-refractivity contribution in [1.29, 1.82) is 0 Å². The summed E-state index contributed by atoms with van der Waals surface area (Å²) in [4.78, 5) is 6.74. The Hall–Kier alpha value is -1.55. The zero-order chi connectivity index (χ0) is 15.2. The molecule has 1 aromatic carbocycles. The quantitative estimate of drug-likeness (QED) is 0.683. The minimum atomic E-state index is 0.620. The molecule has 2 rings (SSSR count). The fourth-order valence-electron chi connectivity index (χ4n) is 2.95. The first-order valence-electron chi connectivity index (χ1n) is 7.64. The Morgan fingerprint density at radius 2 is 2.24 bits per heavy atom. The Balaban J connectivity index is 1.91. The van der Waals surface area contributed by atoms with E-state index in [-0.39, 0.29) is 0 Å². The summed E-state index contributed by atoms with van der Waals surface area (Å²) in [6.45, 7) is 8.04. The predicted molar refractivity (Wildman–Crippen MR) is 87.7 cm³/mol. The van der Waals surface area contributed by atoms with Crippen molar-refractivity contribution < 1.29 is 4.74 Å². The SMILES string of the molecule is CN=C(NCc1ccc(C)cc1C)N1CCC(COC)C1. The number of aryl methyl sites for hydroxylation is 2. The maximum Gasteiger partial charge on any atom is 0.193 e. The normalized spacial score (nSPS) is 19.1. The van der Waals surface area contributed by atoms with Crippen molar-refractivity contribution in [1.82, 2.24) is 10.2 Å². The first-order valence-corrected chi connectivity index (χ1v) is 7.64. The number of benzene rings is 1. The number of hydrogen-bond acceptors (Lipinski definition) is 2. The van der Waals surface area contributed by atoms with Crippen molar-refractivity contribution in [2.75, 3.05) is 33.9 Å². The number of likely N-dealkylation sites (tertiary alicyclic amines) is 1. The van der Waals surface area contributed by atoms with Crippen LogP contribution in [0, 0.1) is 19.8 Å². The van der Waals surface area contributed by atoms with Crippen molar-refractivity contribution in [3.63, 3.8) is 0 Å². The number of methoxy groups -OCH3 is 1. The van der Waals surface area contributed by atoms with E-state index in [2.05, 4.69) is 47.3 Å². The monoisotopic (exact) mass is 289 g/mol. The third kappa shape index (κ3) is 4.21. The van der Waals surface area contributed by atoms with Crippen molar-refractivity contribution in [2.24, 2.45) is 10.9 Å². The number of ether oxygens (including phenoxy) is 1. The summed E-state index contributed by atoms with van der Waals surface area (Å²) in [5.74, 6) is 1.61. The highest BCUT2D eigenvalue weighted by molar-refractivity contribution is 5.80. The predicted octanol–water partition coefficient (Wildman–Crippen LogP) is 2.35. The maximum atomic E-state index is 5.26. The van der Waals surface area contributed by atoms with E-state index in [1.165, 1.54) is 23.1 Å². The van der Waals surface area contributed by atoms with Gasteiger partial charge in [0.1, 0.15) is 0 Å². The molecule has 116 valence electrons. The molecule has 1 aliphatic rings. The lowest BCUT2D eigenvalue weighted by Crippen LogP contribution is -2.40. The van der Waals surface area contributed by atoms with Gasteiger partial charge in [-0.25, -0.2) is 0 Å². The molecule has 0 spiro atoms. The van der Waals surface area contributed by atoms with E-state index in [4.69, 9.17) is 4.74 Å². The molecule has 1 aliphatic heterocycles. The van der Waals surface area contributed by atoms with Gasteiger partial charge in [-0.1, -0.05) is 23.8 Å². The molecule has 1 fully saturated rings. The van der Waals surface area contributed by atoms with Crippen LogP contribution in [0.3, 0.4) is 0 Å². The van der Waals surface area contributed by atoms with Crippen LogP contribution in [0.4, 0.5) is 0 Å². The van der Waals surface area contributed by atoms with Crippen LogP contribution < -0.4 is 5.32 Å². The van der Waals surface area contributed by atoms with E-state index in [0.29, 0.717) is 5.92 Å². The van der Waals surface area contributed by atoms with Gasteiger partial charge >= 0.3 is 0 Å². The number of nitrogens with one attached hydrogen (secondary N) is 1. The molecule has 21 heavy (non-hydrogen) atoms. The van der Waals surface area contributed by atoms with E-state index in [1.807, 2.05) is 7.05 Å². The topological polar surface area (TPSA) is 36.9 Å². The Bertz CT molecular complexity index is 499. The van der Waals surface area contributed by atoms with E-state index >= 15 is 0 Å². The molecule has 1 aromatic rings. The Kier molecular flexibility index (Phi) is 5.62. The maximum absolute atomic E-state index is 5.26. The number of hydrogen-bond donors (Lipinski definition) is 1. The molecule has 1 heterocycles. The Morgan fingerprint density at radius 3 is 2.90 bits per heavy atom. The first kappa shape index (κ1) is 15.8. The summed E-state index contributed by atoms with van der Waals surface area (Å²) in [5, 5.41) is 3.49. The van der Waals surface area contributed by atoms with Gasteiger partial charge in [0.2, 0.25) is 0 Å². The molecule has 0 bridgehead atoms. The molecule has 0 aliphatic carbocycles. The summed E-state index contributed by atoms with van der Waals surface area (Å²) in [7, 11) is 3.63. The van der Waals surface area contributed by atoms with Gasteiger partial charge < -0.3 is 15.0 Å². The third-order valence-corrected chi connectivity index (χ3v) is 4.13. The summed E-state index contributed by atoms with van der Waals surface area (Å²) in [5.41, 5.74) is 3.97. The zero-order valence-corrected chi connectivity index (χ0v) is 13.6. The van der Waals surface area contributed by atoms with Gasteiger partial charge in [0, 0.05) is 39.7 Å². The van der Waals surface area contributed by atoms with Gasteiger partial charge in [0.05, 0.1) is 6.61 Å². The highest BCUT2D eigenvalue weighted by Crippen LogP contribution is 2.17. The summed E-state index contributed by atoms with van der Waals surface area (Å²) in [6.07, 6.45) is 1.18. The average molecular weight is 289 g/mol. The van der Waals surface area contributed by atoms with Crippen molar-refractivity contribution >= 4 is 5.96 Å². The highest BCUT2D eigenvalue weighted by atomic mass is 16.5. The largest absolute Gasteiger partial charge is 0.384 e. The second kappa shape index (κ2) is 7.46. The minimum absolute atomic E-state index is 0.620. The van der Waals surface area contributed by atoms with Crippen LogP contribution in [-0.4, -0.2) is 44.7 Å². The number of aliphatic imine (C=N–C) groups is 1. The van der Waals surface area contributed by atoms with Crippen LogP contribution in [0.2, 0.25) is 0 Å².